The average Bonchev–Trinajstić information content (AvgIpc) is 3.05. The first-order chi connectivity index (χ1) is 12.9. The molecule has 0 spiro atoms. The highest BCUT2D eigenvalue weighted by atomic mass is 35.5. The van der Waals surface area contributed by atoms with Crippen molar-refractivity contribution in [3.8, 4) is 0 Å². The van der Waals surface area contributed by atoms with E-state index in [2.05, 4.69) is 42.8 Å². The van der Waals surface area contributed by atoms with E-state index in [1.54, 1.807) is 24.1 Å². The number of aryl methyl sites for hydroxylation is 1. The second kappa shape index (κ2) is 7.79. The maximum atomic E-state index is 14.1. The summed E-state index contributed by atoms with van der Waals surface area (Å²) in [5, 5.41) is 19.8. The van der Waals surface area contributed by atoms with Crippen LogP contribution in [-0.2, 0) is 11.8 Å². The van der Waals surface area contributed by atoms with E-state index < -0.39 is 11.7 Å². The van der Waals surface area contributed by atoms with Gasteiger partial charge in [-0.1, -0.05) is 18.2 Å². The Labute approximate surface area is 158 Å². The Morgan fingerprint density at radius 2 is 2.11 bits per heavy atom. The Kier molecular flexibility index (Phi) is 5.27. The van der Waals surface area contributed by atoms with Gasteiger partial charge in [-0.2, -0.15) is 10.1 Å². The zero-order valence-corrected chi connectivity index (χ0v) is 14.8. The van der Waals surface area contributed by atoms with Crippen LogP contribution in [0.15, 0.2) is 43.2 Å². The van der Waals surface area contributed by atoms with Crippen molar-refractivity contribution in [3.63, 3.8) is 0 Å². The highest BCUT2D eigenvalue weighted by molar-refractivity contribution is 6.31. The van der Waals surface area contributed by atoms with Gasteiger partial charge >= 0.3 is 0 Å². The molecule has 3 aromatic rings. The molecule has 3 N–H and O–H groups in total. The number of amides is 1. The van der Waals surface area contributed by atoms with Gasteiger partial charge in [-0.05, 0) is 24.3 Å². The van der Waals surface area contributed by atoms with Gasteiger partial charge in [0.25, 0.3) is 0 Å². The fraction of sp³-hybridized carbons (Fsp3) is 0.0625. The largest absolute Gasteiger partial charge is 0.335 e. The normalized spacial score (nSPS) is 10.3. The van der Waals surface area contributed by atoms with Crippen molar-refractivity contribution in [2.24, 2.45) is 7.05 Å². The summed E-state index contributed by atoms with van der Waals surface area (Å²) in [6.07, 6.45) is 4.41. The lowest BCUT2D eigenvalue weighted by molar-refractivity contribution is -0.111. The maximum Gasteiger partial charge on any atom is 0.249 e. The lowest BCUT2D eigenvalue weighted by Crippen LogP contribution is -2.08. The van der Waals surface area contributed by atoms with E-state index in [-0.39, 0.29) is 22.6 Å². The molecule has 2 aromatic heterocycles. The molecule has 1 aromatic carbocycles. The topological polar surface area (TPSA) is 110 Å². The summed E-state index contributed by atoms with van der Waals surface area (Å²) in [6, 6.07) is 4.00. The van der Waals surface area contributed by atoms with Gasteiger partial charge in [0, 0.05) is 18.9 Å². The first kappa shape index (κ1) is 18.3. The minimum Gasteiger partial charge on any atom is -0.335 e. The Morgan fingerprint density at radius 1 is 1.30 bits per heavy atom. The van der Waals surface area contributed by atoms with Crippen LogP contribution in [0.2, 0.25) is 5.15 Å². The molecule has 3 rings (SSSR count). The van der Waals surface area contributed by atoms with Crippen LogP contribution in [-0.4, -0.2) is 30.9 Å². The van der Waals surface area contributed by atoms with Gasteiger partial charge in [-0.25, -0.2) is 4.39 Å². The summed E-state index contributed by atoms with van der Waals surface area (Å²) in [5.41, 5.74) is 1.06. The third-order valence-corrected chi connectivity index (χ3v) is 3.53. The molecule has 2 heterocycles. The number of carbonyl (C=O) groups excluding carboxylic acids is 1. The number of carbonyl (C=O) groups is 1. The fourth-order valence-corrected chi connectivity index (χ4v) is 2.21. The SMILES string of the molecule is C=CC(=O)Nc1ccc(F)c(Nc2nc(Nc3cnn(C)c3)nnc2Cl)c1. The van der Waals surface area contributed by atoms with E-state index in [1.807, 2.05) is 0 Å². The predicted octanol–water partition coefficient (Wildman–Crippen LogP) is 3.01. The number of halogens is 2. The predicted molar refractivity (Wildman–Crippen MR) is 99.8 cm³/mol. The smallest absolute Gasteiger partial charge is 0.249 e. The number of hydrogen-bond donors (Lipinski definition) is 3. The highest BCUT2D eigenvalue weighted by Crippen LogP contribution is 2.26. The molecule has 0 atom stereocenters. The van der Waals surface area contributed by atoms with Crippen molar-refractivity contribution in [3.05, 3.63) is 54.2 Å². The number of rotatable bonds is 6. The summed E-state index contributed by atoms with van der Waals surface area (Å²) in [7, 11) is 1.76. The third kappa shape index (κ3) is 4.55. The molecular weight excluding hydrogens is 375 g/mol. The molecule has 0 aliphatic heterocycles. The van der Waals surface area contributed by atoms with Gasteiger partial charge in [0.05, 0.1) is 17.6 Å². The molecule has 0 unspecified atom stereocenters. The van der Waals surface area contributed by atoms with Crippen LogP contribution in [0.4, 0.5) is 33.2 Å². The summed E-state index contributed by atoms with van der Waals surface area (Å²) in [6.45, 7) is 3.36. The fourth-order valence-electron chi connectivity index (χ4n) is 2.08. The zero-order valence-electron chi connectivity index (χ0n) is 14.1. The zero-order chi connectivity index (χ0) is 19.4. The van der Waals surface area contributed by atoms with Gasteiger partial charge in [0.1, 0.15) is 5.82 Å². The van der Waals surface area contributed by atoms with E-state index in [0.29, 0.717) is 11.4 Å². The van der Waals surface area contributed by atoms with Crippen molar-refractivity contribution in [2.75, 3.05) is 16.0 Å². The summed E-state index contributed by atoms with van der Waals surface area (Å²) >= 11 is 6.00. The van der Waals surface area contributed by atoms with Gasteiger partial charge < -0.3 is 16.0 Å². The van der Waals surface area contributed by atoms with Crippen LogP contribution in [0.25, 0.3) is 0 Å². The first-order valence-electron chi connectivity index (χ1n) is 7.60. The van der Waals surface area contributed by atoms with E-state index in [9.17, 15) is 9.18 Å². The number of nitrogens with one attached hydrogen (secondary N) is 3. The van der Waals surface area contributed by atoms with Crippen molar-refractivity contribution in [1.82, 2.24) is 25.0 Å². The molecule has 0 saturated carbocycles. The van der Waals surface area contributed by atoms with Gasteiger partial charge in [-0.3, -0.25) is 9.48 Å². The van der Waals surface area contributed by atoms with Crippen molar-refractivity contribution in [1.29, 1.82) is 0 Å². The molecule has 0 bridgehead atoms. The number of hydrogen-bond acceptors (Lipinski definition) is 7. The van der Waals surface area contributed by atoms with E-state index in [4.69, 9.17) is 11.6 Å². The van der Waals surface area contributed by atoms with Crippen molar-refractivity contribution in [2.45, 2.75) is 0 Å². The molecule has 0 saturated heterocycles. The molecule has 9 nitrogen and oxygen atoms in total. The second-order valence-corrected chi connectivity index (χ2v) is 5.67. The van der Waals surface area contributed by atoms with Gasteiger partial charge in [0.15, 0.2) is 11.0 Å². The average molecular weight is 389 g/mol. The van der Waals surface area contributed by atoms with Crippen molar-refractivity contribution < 1.29 is 9.18 Å². The number of nitrogens with zero attached hydrogens (tertiary/aromatic N) is 5. The second-order valence-electron chi connectivity index (χ2n) is 5.32. The molecule has 0 radical (unpaired) electrons. The van der Waals surface area contributed by atoms with Crippen molar-refractivity contribution >= 4 is 46.3 Å². The van der Waals surface area contributed by atoms with Crippen LogP contribution in [0.1, 0.15) is 0 Å². The van der Waals surface area contributed by atoms with Crippen LogP contribution in [0.5, 0.6) is 0 Å². The van der Waals surface area contributed by atoms with Gasteiger partial charge in [-0.15, -0.1) is 10.2 Å². The molecule has 27 heavy (non-hydrogen) atoms. The number of aromatic nitrogens is 5. The van der Waals surface area contributed by atoms with E-state index in [1.165, 1.54) is 18.2 Å². The molecule has 0 aliphatic carbocycles. The Morgan fingerprint density at radius 3 is 2.81 bits per heavy atom. The lowest BCUT2D eigenvalue weighted by atomic mass is 10.2. The maximum absolute atomic E-state index is 14.1. The highest BCUT2D eigenvalue weighted by Gasteiger charge is 2.12. The monoisotopic (exact) mass is 388 g/mol. The molecule has 138 valence electrons. The van der Waals surface area contributed by atoms with Gasteiger partial charge in [0.2, 0.25) is 11.9 Å². The van der Waals surface area contributed by atoms with Crippen LogP contribution >= 0.6 is 11.6 Å². The summed E-state index contributed by atoms with van der Waals surface area (Å²) < 4.78 is 15.7. The summed E-state index contributed by atoms with van der Waals surface area (Å²) in [5.74, 6) is -0.754. The number of anilines is 5. The van der Waals surface area contributed by atoms with E-state index in [0.717, 1.165) is 6.08 Å². The Hall–Kier alpha value is -3.53. The molecule has 0 fully saturated rings. The quantitative estimate of drug-likeness (QED) is 0.557. The van der Waals surface area contributed by atoms with Crippen LogP contribution in [0.3, 0.4) is 0 Å². The number of benzene rings is 1. The molecule has 11 heteroatoms. The lowest BCUT2D eigenvalue weighted by Gasteiger charge is -2.11. The van der Waals surface area contributed by atoms with Crippen LogP contribution in [0, 0.1) is 5.82 Å². The molecular formula is C16H14ClFN8O. The Balaban J connectivity index is 1.84. The Bertz CT molecular complexity index is 1010. The molecule has 1 amide bonds. The first-order valence-corrected chi connectivity index (χ1v) is 7.98. The standard InChI is InChI=1S/C16H14ClFN8O/c1-3-13(27)20-9-4-5-11(18)12(6-9)22-15-14(17)24-25-16(23-15)21-10-7-19-26(2)8-10/h3-8H,1H2,2H3,(H,20,27)(H2,21,22,23,25). The third-order valence-electron chi connectivity index (χ3n) is 3.28. The van der Waals surface area contributed by atoms with Crippen LogP contribution < -0.4 is 16.0 Å². The van der Waals surface area contributed by atoms with E-state index >= 15 is 0 Å². The minimum atomic E-state index is -0.567. The minimum absolute atomic E-state index is 0.0478. The molecule has 0 aliphatic rings. The summed E-state index contributed by atoms with van der Waals surface area (Å²) in [4.78, 5) is 15.6.